The van der Waals surface area contributed by atoms with Gasteiger partial charge in [0.25, 0.3) is 0 Å². The Morgan fingerprint density at radius 2 is 1.79 bits per heavy atom. The van der Waals surface area contributed by atoms with Gasteiger partial charge in [-0.25, -0.2) is 4.79 Å². The lowest BCUT2D eigenvalue weighted by molar-refractivity contribution is -0.117. The van der Waals surface area contributed by atoms with E-state index >= 15 is 0 Å². The minimum absolute atomic E-state index is 0.0372. The van der Waals surface area contributed by atoms with Crippen LogP contribution in [0.1, 0.15) is 6.42 Å². The monoisotopic (exact) mass is 391 g/mol. The van der Waals surface area contributed by atoms with Crippen LogP contribution in [-0.2, 0) is 11.8 Å². The average molecular weight is 391 g/mol. The minimum atomic E-state index is -0.380. The van der Waals surface area contributed by atoms with Gasteiger partial charge in [0.1, 0.15) is 11.5 Å². The van der Waals surface area contributed by atoms with Gasteiger partial charge in [-0.1, -0.05) is 18.2 Å². The van der Waals surface area contributed by atoms with Crippen LogP contribution in [0, 0.1) is 0 Å². The molecule has 3 amide bonds. The summed E-state index contributed by atoms with van der Waals surface area (Å²) in [6.45, 7) is 0.410. The SMILES string of the molecule is Cn1ccc(NC(=O)NC2CC(=O)N(c3ccc(Oc4ccccc4)cc3)C2)n1. The lowest BCUT2D eigenvalue weighted by atomic mass is 10.2. The lowest BCUT2D eigenvalue weighted by Gasteiger charge is -2.18. The number of benzene rings is 2. The van der Waals surface area contributed by atoms with Crippen LogP contribution < -0.4 is 20.3 Å². The topological polar surface area (TPSA) is 88.5 Å². The number of nitrogens with zero attached hydrogens (tertiary/aromatic N) is 3. The Hall–Kier alpha value is -3.81. The van der Waals surface area contributed by atoms with Gasteiger partial charge in [-0.05, 0) is 36.4 Å². The number of ether oxygens (including phenoxy) is 1. The molecule has 29 heavy (non-hydrogen) atoms. The second-order valence-electron chi connectivity index (χ2n) is 6.79. The number of hydrogen-bond acceptors (Lipinski definition) is 4. The van der Waals surface area contributed by atoms with E-state index in [0.717, 1.165) is 11.4 Å². The van der Waals surface area contributed by atoms with Crippen LogP contribution in [0.2, 0.25) is 0 Å². The number of nitrogens with one attached hydrogen (secondary N) is 2. The molecule has 2 heterocycles. The van der Waals surface area contributed by atoms with Gasteiger partial charge in [-0.3, -0.25) is 14.8 Å². The van der Waals surface area contributed by atoms with E-state index < -0.39 is 0 Å². The number of hydrogen-bond donors (Lipinski definition) is 2. The summed E-state index contributed by atoms with van der Waals surface area (Å²) in [5.74, 6) is 1.86. The number of anilines is 2. The number of amides is 3. The van der Waals surface area contributed by atoms with Crippen LogP contribution in [0.25, 0.3) is 0 Å². The molecule has 1 fully saturated rings. The molecule has 1 aliphatic heterocycles. The fraction of sp³-hybridized carbons (Fsp3) is 0.190. The summed E-state index contributed by atoms with van der Waals surface area (Å²) in [7, 11) is 1.77. The molecular weight excluding hydrogens is 370 g/mol. The Morgan fingerprint density at radius 3 is 2.48 bits per heavy atom. The molecule has 0 aliphatic carbocycles. The van der Waals surface area contributed by atoms with Crippen molar-refractivity contribution in [3.63, 3.8) is 0 Å². The first kappa shape index (κ1) is 18.5. The predicted molar refractivity (Wildman–Crippen MR) is 109 cm³/mol. The zero-order valence-electron chi connectivity index (χ0n) is 15.9. The highest BCUT2D eigenvalue weighted by Gasteiger charge is 2.31. The van der Waals surface area contributed by atoms with E-state index in [1.807, 2.05) is 54.6 Å². The fourth-order valence-corrected chi connectivity index (χ4v) is 3.19. The average Bonchev–Trinajstić information content (AvgIpc) is 3.28. The van der Waals surface area contributed by atoms with E-state index in [9.17, 15) is 9.59 Å². The minimum Gasteiger partial charge on any atom is -0.457 e. The van der Waals surface area contributed by atoms with Crippen LogP contribution in [0.4, 0.5) is 16.3 Å². The second kappa shape index (κ2) is 8.05. The smallest absolute Gasteiger partial charge is 0.320 e. The van der Waals surface area contributed by atoms with Crippen molar-refractivity contribution in [1.29, 1.82) is 0 Å². The van der Waals surface area contributed by atoms with Gasteiger partial charge < -0.3 is 15.0 Å². The van der Waals surface area contributed by atoms with Crippen molar-refractivity contribution < 1.29 is 14.3 Å². The van der Waals surface area contributed by atoms with Gasteiger partial charge in [0, 0.05) is 38.0 Å². The van der Waals surface area contributed by atoms with Gasteiger partial charge in [0.05, 0.1) is 6.04 Å². The molecule has 8 heteroatoms. The van der Waals surface area contributed by atoms with Crippen molar-refractivity contribution >= 4 is 23.4 Å². The third-order valence-electron chi connectivity index (χ3n) is 4.54. The fourth-order valence-electron chi connectivity index (χ4n) is 3.19. The lowest BCUT2D eigenvalue weighted by Crippen LogP contribution is -2.39. The van der Waals surface area contributed by atoms with Crippen molar-refractivity contribution in [2.45, 2.75) is 12.5 Å². The summed E-state index contributed by atoms with van der Waals surface area (Å²) in [6, 6.07) is 17.9. The molecule has 1 unspecified atom stereocenters. The number of para-hydroxylation sites is 1. The zero-order chi connectivity index (χ0) is 20.2. The molecule has 1 atom stereocenters. The molecule has 0 bridgehead atoms. The van der Waals surface area contributed by atoms with E-state index in [0.29, 0.717) is 18.1 Å². The number of rotatable bonds is 5. The van der Waals surface area contributed by atoms with Crippen LogP contribution >= 0.6 is 0 Å². The molecule has 8 nitrogen and oxygen atoms in total. The molecule has 3 aromatic rings. The molecule has 0 radical (unpaired) electrons. The van der Waals surface area contributed by atoms with Crippen molar-refractivity contribution in [3.05, 3.63) is 66.9 Å². The summed E-state index contributed by atoms with van der Waals surface area (Å²) in [4.78, 5) is 26.2. The Bertz CT molecular complexity index is 1000. The van der Waals surface area contributed by atoms with Crippen molar-refractivity contribution in [2.75, 3.05) is 16.8 Å². The first-order valence-corrected chi connectivity index (χ1v) is 9.27. The normalized spacial score (nSPS) is 16.0. The molecule has 2 aromatic carbocycles. The van der Waals surface area contributed by atoms with Crippen LogP contribution in [0.15, 0.2) is 66.9 Å². The quantitative estimate of drug-likeness (QED) is 0.699. The maximum Gasteiger partial charge on any atom is 0.320 e. The summed E-state index contributed by atoms with van der Waals surface area (Å²) in [5.41, 5.74) is 0.768. The summed E-state index contributed by atoms with van der Waals surface area (Å²) in [5, 5.41) is 9.58. The number of aromatic nitrogens is 2. The number of carbonyl (C=O) groups excluding carboxylic acids is 2. The third kappa shape index (κ3) is 4.55. The number of aryl methyl sites for hydroxylation is 1. The van der Waals surface area contributed by atoms with Crippen molar-refractivity contribution in [3.8, 4) is 11.5 Å². The van der Waals surface area contributed by atoms with Crippen LogP contribution in [-0.4, -0.2) is 34.3 Å². The van der Waals surface area contributed by atoms with Gasteiger partial charge in [0.2, 0.25) is 5.91 Å². The second-order valence-corrected chi connectivity index (χ2v) is 6.79. The van der Waals surface area contributed by atoms with E-state index in [1.165, 1.54) is 0 Å². The van der Waals surface area contributed by atoms with Crippen LogP contribution in [0.5, 0.6) is 11.5 Å². The molecule has 2 N–H and O–H groups in total. The Morgan fingerprint density at radius 1 is 1.07 bits per heavy atom. The van der Waals surface area contributed by atoms with E-state index in [4.69, 9.17) is 4.74 Å². The maximum absolute atomic E-state index is 12.4. The zero-order valence-corrected chi connectivity index (χ0v) is 15.9. The molecule has 0 saturated carbocycles. The number of urea groups is 1. The van der Waals surface area contributed by atoms with E-state index in [1.54, 1.807) is 28.9 Å². The van der Waals surface area contributed by atoms with E-state index in [2.05, 4.69) is 15.7 Å². The molecule has 0 spiro atoms. The Labute approximate surface area is 168 Å². The molecule has 148 valence electrons. The Balaban J connectivity index is 1.34. The standard InChI is InChI=1S/C21H21N5O3/c1-25-12-11-19(24-25)23-21(28)22-15-13-20(27)26(14-15)16-7-9-18(10-8-16)29-17-5-3-2-4-6-17/h2-12,15H,13-14H2,1H3,(H2,22,23,24,28). The summed E-state index contributed by atoms with van der Waals surface area (Å²) >= 11 is 0. The predicted octanol–water partition coefficient (Wildman–Crippen LogP) is 3.14. The molecule has 1 aromatic heterocycles. The highest BCUT2D eigenvalue weighted by molar-refractivity contribution is 5.97. The highest BCUT2D eigenvalue weighted by atomic mass is 16.5. The van der Waals surface area contributed by atoms with Crippen molar-refractivity contribution in [2.24, 2.45) is 7.05 Å². The summed E-state index contributed by atoms with van der Waals surface area (Å²) in [6.07, 6.45) is 1.99. The van der Waals surface area contributed by atoms with E-state index in [-0.39, 0.29) is 24.4 Å². The van der Waals surface area contributed by atoms with Gasteiger partial charge >= 0.3 is 6.03 Å². The third-order valence-corrected chi connectivity index (χ3v) is 4.54. The molecule has 4 rings (SSSR count). The molecular formula is C21H21N5O3. The Kier molecular flexibility index (Phi) is 5.15. The molecule has 1 saturated heterocycles. The molecule has 1 aliphatic rings. The maximum atomic E-state index is 12.4. The van der Waals surface area contributed by atoms with Gasteiger partial charge in [-0.2, -0.15) is 5.10 Å². The highest BCUT2D eigenvalue weighted by Crippen LogP contribution is 2.27. The first-order valence-electron chi connectivity index (χ1n) is 9.27. The number of carbonyl (C=O) groups is 2. The summed E-state index contributed by atoms with van der Waals surface area (Å²) < 4.78 is 7.38. The first-order chi connectivity index (χ1) is 14.1. The van der Waals surface area contributed by atoms with Crippen LogP contribution in [0.3, 0.4) is 0 Å². The van der Waals surface area contributed by atoms with Crippen molar-refractivity contribution in [1.82, 2.24) is 15.1 Å². The van der Waals surface area contributed by atoms with Gasteiger partial charge in [0.15, 0.2) is 5.82 Å². The van der Waals surface area contributed by atoms with Gasteiger partial charge in [-0.15, -0.1) is 0 Å². The largest absolute Gasteiger partial charge is 0.457 e.